The Balaban J connectivity index is 1.74. The topological polar surface area (TPSA) is 83.5 Å². The number of aliphatic hydroxyl groups is 1. The molecule has 0 spiro atoms. The summed E-state index contributed by atoms with van der Waals surface area (Å²) >= 11 is 0. The van der Waals surface area contributed by atoms with Gasteiger partial charge in [-0.2, -0.15) is 0 Å². The minimum Gasteiger partial charge on any atom is -0.497 e. The van der Waals surface area contributed by atoms with Gasteiger partial charge in [-0.25, -0.2) is 0 Å². The van der Waals surface area contributed by atoms with Gasteiger partial charge in [0.25, 0.3) is 0 Å². The molecule has 1 saturated carbocycles. The number of ether oxygens (including phenoxy) is 5. The predicted octanol–water partition coefficient (Wildman–Crippen LogP) is 3.01. The fraction of sp³-hybridized carbons (Fsp3) is 0.409. The number of carbonyl (C=O) groups is 1. The third-order valence-electron chi connectivity index (χ3n) is 6.03. The number of Topliss-reactive ketones (excluding diaryl/α,β-unsaturated/α-hetero) is 1. The summed E-state index contributed by atoms with van der Waals surface area (Å²) in [5.74, 6) is 0.0844. The van der Waals surface area contributed by atoms with Crippen LogP contribution < -0.4 is 23.7 Å². The lowest BCUT2D eigenvalue weighted by molar-refractivity contribution is -0.206. The summed E-state index contributed by atoms with van der Waals surface area (Å²) in [5.41, 5.74) is 1.55. The molecule has 0 amide bonds. The van der Waals surface area contributed by atoms with Gasteiger partial charge in [-0.05, 0) is 18.6 Å². The number of hydrogen-bond acceptors (Lipinski definition) is 7. The fourth-order valence-electron chi connectivity index (χ4n) is 4.70. The van der Waals surface area contributed by atoms with Crippen molar-refractivity contribution in [2.45, 2.75) is 31.0 Å². The Kier molecular flexibility index (Phi) is 4.10. The van der Waals surface area contributed by atoms with Crippen molar-refractivity contribution in [1.82, 2.24) is 0 Å². The highest BCUT2D eigenvalue weighted by Crippen LogP contribution is 2.55. The van der Waals surface area contributed by atoms with Gasteiger partial charge in [0.2, 0.25) is 12.6 Å². The van der Waals surface area contributed by atoms with Crippen molar-refractivity contribution in [3.63, 3.8) is 0 Å². The number of rotatable bonds is 3. The van der Waals surface area contributed by atoms with E-state index in [1.54, 1.807) is 26.4 Å². The third kappa shape index (κ3) is 2.72. The van der Waals surface area contributed by atoms with Crippen molar-refractivity contribution in [3.8, 4) is 28.7 Å². The average Bonchev–Trinajstić information content (AvgIpc) is 3.17. The Labute approximate surface area is 168 Å². The molecular weight excluding hydrogens is 376 g/mol. The van der Waals surface area contributed by atoms with Gasteiger partial charge in [-0.1, -0.05) is 6.07 Å². The lowest BCUT2D eigenvalue weighted by Gasteiger charge is -2.47. The molecule has 2 aromatic carbocycles. The second-order valence-electron chi connectivity index (χ2n) is 7.57. The van der Waals surface area contributed by atoms with E-state index >= 15 is 0 Å². The highest BCUT2D eigenvalue weighted by Gasteiger charge is 2.55. The first-order chi connectivity index (χ1) is 14.0. The summed E-state index contributed by atoms with van der Waals surface area (Å²) in [5, 5.41) is 11.4. The summed E-state index contributed by atoms with van der Waals surface area (Å²) in [6, 6.07) is 9.06. The second kappa shape index (κ2) is 6.56. The first-order valence-electron chi connectivity index (χ1n) is 9.63. The van der Waals surface area contributed by atoms with E-state index in [9.17, 15) is 9.90 Å². The lowest BCUT2D eigenvalue weighted by Crippen LogP contribution is -2.55. The molecule has 1 aliphatic carbocycles. The van der Waals surface area contributed by atoms with E-state index in [2.05, 4.69) is 0 Å². The first kappa shape index (κ1) is 18.1. The SMILES string of the molecule is COc1ccc(C2c3cc4c(cc3OC3(O)CCCC(=O)C23)OCO4)c(OC)c1. The molecule has 3 unspecified atom stereocenters. The minimum absolute atomic E-state index is 0.0232. The van der Waals surface area contributed by atoms with Gasteiger partial charge in [-0.15, -0.1) is 0 Å². The molecule has 2 aliphatic heterocycles. The van der Waals surface area contributed by atoms with Crippen LogP contribution in [0.3, 0.4) is 0 Å². The Morgan fingerprint density at radius 3 is 2.59 bits per heavy atom. The highest BCUT2D eigenvalue weighted by atomic mass is 16.7. The number of carbonyl (C=O) groups excluding carboxylic acids is 1. The summed E-state index contributed by atoms with van der Waals surface area (Å²) in [6.07, 6.45) is 1.37. The van der Waals surface area contributed by atoms with Crippen LogP contribution in [0.25, 0.3) is 0 Å². The summed E-state index contributed by atoms with van der Waals surface area (Å²) in [4.78, 5) is 13.0. The molecule has 3 aliphatic rings. The monoisotopic (exact) mass is 398 g/mol. The molecule has 5 rings (SSSR count). The van der Waals surface area contributed by atoms with E-state index in [-0.39, 0.29) is 12.6 Å². The van der Waals surface area contributed by atoms with Gasteiger partial charge in [0.1, 0.15) is 23.0 Å². The number of methoxy groups -OCH3 is 2. The van der Waals surface area contributed by atoms with Crippen molar-refractivity contribution in [2.24, 2.45) is 5.92 Å². The molecule has 29 heavy (non-hydrogen) atoms. The van der Waals surface area contributed by atoms with Crippen LogP contribution in [-0.2, 0) is 4.79 Å². The van der Waals surface area contributed by atoms with Gasteiger partial charge in [0.15, 0.2) is 11.5 Å². The number of hydrogen-bond donors (Lipinski definition) is 1. The van der Waals surface area contributed by atoms with Gasteiger partial charge in [0, 0.05) is 42.0 Å². The number of fused-ring (bicyclic) bond motifs is 3. The summed E-state index contributed by atoms with van der Waals surface area (Å²) in [7, 11) is 3.16. The van der Waals surface area contributed by atoms with Crippen LogP contribution in [0.2, 0.25) is 0 Å². The molecule has 3 atom stereocenters. The van der Waals surface area contributed by atoms with E-state index in [0.717, 1.165) is 11.1 Å². The predicted molar refractivity (Wildman–Crippen MR) is 102 cm³/mol. The van der Waals surface area contributed by atoms with E-state index in [1.807, 2.05) is 18.2 Å². The van der Waals surface area contributed by atoms with Crippen LogP contribution in [-0.4, -0.2) is 37.7 Å². The maximum absolute atomic E-state index is 13.0. The summed E-state index contributed by atoms with van der Waals surface area (Å²) < 4.78 is 28.0. The smallest absolute Gasteiger partial charge is 0.231 e. The van der Waals surface area contributed by atoms with Crippen molar-refractivity contribution >= 4 is 5.78 Å². The zero-order chi connectivity index (χ0) is 20.2. The second-order valence-corrected chi connectivity index (χ2v) is 7.57. The lowest BCUT2D eigenvalue weighted by atomic mass is 9.67. The maximum atomic E-state index is 13.0. The molecule has 7 nitrogen and oxygen atoms in total. The minimum atomic E-state index is -1.58. The van der Waals surface area contributed by atoms with Crippen molar-refractivity contribution in [3.05, 3.63) is 41.5 Å². The first-order valence-corrected chi connectivity index (χ1v) is 9.63. The molecule has 0 aromatic heterocycles. The van der Waals surface area contributed by atoms with Gasteiger partial charge < -0.3 is 28.8 Å². The average molecular weight is 398 g/mol. The highest BCUT2D eigenvalue weighted by molar-refractivity contribution is 5.85. The standard InChI is InChI=1S/C22H22O7/c1-25-12-5-6-13(16(8-12)26-2)20-14-9-18-19(28-11-27-18)10-17(14)29-22(24)7-3-4-15(23)21(20)22/h5-6,8-10,20-21,24H,3-4,7,11H2,1-2H3. The molecular formula is C22H22O7. The Morgan fingerprint density at radius 2 is 1.83 bits per heavy atom. The Bertz CT molecular complexity index is 985. The van der Waals surface area contributed by atoms with Gasteiger partial charge >= 0.3 is 0 Å². The van der Waals surface area contributed by atoms with Crippen molar-refractivity contribution in [1.29, 1.82) is 0 Å². The quantitative estimate of drug-likeness (QED) is 0.851. The van der Waals surface area contributed by atoms with E-state index in [1.165, 1.54) is 0 Å². The molecule has 1 fully saturated rings. The van der Waals surface area contributed by atoms with Gasteiger partial charge in [-0.3, -0.25) is 4.79 Å². The van der Waals surface area contributed by atoms with Crippen LogP contribution in [0.15, 0.2) is 30.3 Å². The molecule has 0 saturated heterocycles. The molecule has 0 radical (unpaired) electrons. The van der Waals surface area contributed by atoms with Crippen LogP contribution >= 0.6 is 0 Å². The molecule has 2 aromatic rings. The Morgan fingerprint density at radius 1 is 1.03 bits per heavy atom. The number of ketones is 1. The largest absolute Gasteiger partial charge is 0.497 e. The van der Waals surface area contributed by atoms with Crippen molar-refractivity contribution in [2.75, 3.05) is 21.0 Å². The van der Waals surface area contributed by atoms with Crippen LogP contribution in [0.4, 0.5) is 0 Å². The van der Waals surface area contributed by atoms with Gasteiger partial charge in [0.05, 0.1) is 20.1 Å². The molecule has 2 heterocycles. The van der Waals surface area contributed by atoms with Crippen LogP contribution in [0, 0.1) is 5.92 Å². The number of benzene rings is 2. The van der Waals surface area contributed by atoms with Crippen LogP contribution in [0.5, 0.6) is 28.7 Å². The zero-order valence-corrected chi connectivity index (χ0v) is 16.3. The van der Waals surface area contributed by atoms with E-state index in [4.69, 9.17) is 23.7 Å². The maximum Gasteiger partial charge on any atom is 0.231 e. The molecule has 7 heteroatoms. The zero-order valence-electron chi connectivity index (χ0n) is 16.3. The van der Waals surface area contributed by atoms with E-state index in [0.29, 0.717) is 48.0 Å². The molecule has 152 valence electrons. The molecule has 1 N–H and O–H groups in total. The van der Waals surface area contributed by atoms with Crippen LogP contribution in [0.1, 0.15) is 36.3 Å². The molecule has 0 bridgehead atoms. The van der Waals surface area contributed by atoms with Crippen molar-refractivity contribution < 1.29 is 33.6 Å². The Hall–Kier alpha value is -2.93. The van der Waals surface area contributed by atoms with E-state index < -0.39 is 17.6 Å². The third-order valence-corrected chi connectivity index (χ3v) is 6.03. The normalized spacial score (nSPS) is 26.9. The fourth-order valence-corrected chi connectivity index (χ4v) is 4.70. The summed E-state index contributed by atoms with van der Waals surface area (Å²) in [6.45, 7) is 0.126.